The molecular weight excluding hydrogens is 426 g/mol. The summed E-state index contributed by atoms with van der Waals surface area (Å²) in [5.41, 5.74) is 3.61. The van der Waals surface area contributed by atoms with Crippen LogP contribution in [0, 0.1) is 18.8 Å². The van der Waals surface area contributed by atoms with Gasteiger partial charge in [0.1, 0.15) is 22.7 Å². The number of hydrogen-bond donors (Lipinski definition) is 0. The third-order valence-corrected chi connectivity index (χ3v) is 7.69. The van der Waals surface area contributed by atoms with Crippen LogP contribution in [0.2, 0.25) is 0 Å². The number of fused-ring (bicyclic) bond motifs is 1. The third kappa shape index (κ3) is 3.19. The maximum Gasteiger partial charge on any atom is 0.256 e. The molecule has 0 bridgehead atoms. The minimum absolute atomic E-state index is 0.138. The number of amidine groups is 1. The minimum Gasteiger partial charge on any atom is -0.461 e. The molecule has 0 radical (unpaired) electrons. The number of likely N-dealkylation sites (tertiary alicyclic amines) is 1. The summed E-state index contributed by atoms with van der Waals surface area (Å²) >= 11 is 0. The number of amides is 2. The van der Waals surface area contributed by atoms with E-state index in [0.29, 0.717) is 18.4 Å². The zero-order valence-corrected chi connectivity index (χ0v) is 19.3. The van der Waals surface area contributed by atoms with Crippen molar-refractivity contribution in [3.63, 3.8) is 0 Å². The average Bonchev–Trinajstić information content (AvgIpc) is 3.72. The number of carbonyl (C=O) groups excluding carboxylic acids is 2. The molecular formula is C28H27N3O3. The van der Waals surface area contributed by atoms with Crippen LogP contribution in [0.5, 0.6) is 0 Å². The van der Waals surface area contributed by atoms with Crippen molar-refractivity contribution >= 4 is 28.6 Å². The Kier molecular flexibility index (Phi) is 4.15. The van der Waals surface area contributed by atoms with Crippen molar-refractivity contribution in [2.45, 2.75) is 38.1 Å². The first-order chi connectivity index (χ1) is 16.5. The van der Waals surface area contributed by atoms with Gasteiger partial charge in [0.25, 0.3) is 5.91 Å². The first-order valence-corrected chi connectivity index (χ1v) is 12.3. The van der Waals surface area contributed by atoms with Crippen LogP contribution >= 0.6 is 0 Å². The van der Waals surface area contributed by atoms with E-state index in [9.17, 15) is 9.59 Å². The van der Waals surface area contributed by atoms with Crippen LogP contribution < -0.4 is 0 Å². The predicted octanol–water partition coefficient (Wildman–Crippen LogP) is 4.40. The number of furan rings is 1. The third-order valence-electron chi connectivity index (χ3n) is 7.69. The fourth-order valence-corrected chi connectivity index (χ4v) is 5.37. The lowest BCUT2D eigenvalue weighted by Crippen LogP contribution is -2.55. The van der Waals surface area contributed by atoms with Crippen molar-refractivity contribution in [3.8, 4) is 11.1 Å². The summed E-state index contributed by atoms with van der Waals surface area (Å²) in [7, 11) is 0. The van der Waals surface area contributed by atoms with Gasteiger partial charge in [0.15, 0.2) is 0 Å². The van der Waals surface area contributed by atoms with Gasteiger partial charge in [0.2, 0.25) is 5.91 Å². The van der Waals surface area contributed by atoms with Crippen LogP contribution in [-0.2, 0) is 9.59 Å². The van der Waals surface area contributed by atoms with E-state index in [1.165, 1.54) is 0 Å². The van der Waals surface area contributed by atoms with Crippen molar-refractivity contribution < 1.29 is 14.0 Å². The number of aliphatic imine (C=N–C) groups is 1. The normalized spacial score (nSPS) is 21.3. The lowest BCUT2D eigenvalue weighted by molar-refractivity contribution is -0.139. The zero-order valence-electron chi connectivity index (χ0n) is 19.3. The quantitative estimate of drug-likeness (QED) is 0.575. The lowest BCUT2D eigenvalue weighted by atomic mass is 9.97. The van der Waals surface area contributed by atoms with Gasteiger partial charge < -0.3 is 9.32 Å². The second-order valence-electron chi connectivity index (χ2n) is 10.5. The van der Waals surface area contributed by atoms with Gasteiger partial charge in [-0.3, -0.25) is 19.5 Å². The van der Waals surface area contributed by atoms with Crippen molar-refractivity contribution in [2.24, 2.45) is 16.8 Å². The molecule has 7 rings (SSSR count). The molecule has 172 valence electrons. The number of nitrogens with zero attached hydrogens (tertiary/aromatic N) is 3. The zero-order chi connectivity index (χ0) is 23.0. The molecule has 2 saturated carbocycles. The molecule has 6 heteroatoms. The first kappa shape index (κ1) is 20.0. The van der Waals surface area contributed by atoms with E-state index in [4.69, 9.17) is 9.41 Å². The molecule has 1 aromatic heterocycles. The topological polar surface area (TPSA) is 66.1 Å². The van der Waals surface area contributed by atoms with Crippen molar-refractivity contribution in [1.29, 1.82) is 0 Å². The van der Waals surface area contributed by atoms with Crippen molar-refractivity contribution in [1.82, 2.24) is 9.80 Å². The SMILES string of the molecule is Cc1cc2cc(-c3ccc(C4=NC5(CC5)C(=O)N4CC4CN(C(=O)C5CC5)C4)cc3)ccc2o1. The standard InChI is InChI=1S/C28H27N3O3/c1-17-12-23-13-22(8-9-24(23)34-17)19-2-4-20(5-3-19)25-29-28(10-11-28)27(33)31(25)16-18-14-30(15-18)26(32)21-6-7-21/h2-5,8-9,12-13,18,21H,6-7,10-11,14-16H2,1H3. The van der Waals surface area contributed by atoms with Crippen LogP contribution in [0.25, 0.3) is 22.1 Å². The summed E-state index contributed by atoms with van der Waals surface area (Å²) in [6.45, 7) is 4.12. The number of carbonyl (C=O) groups is 2. The molecule has 2 aromatic carbocycles. The molecule has 2 amide bonds. The van der Waals surface area contributed by atoms with Gasteiger partial charge in [-0.05, 0) is 61.9 Å². The number of hydrogen-bond acceptors (Lipinski definition) is 4. The molecule has 0 N–H and O–H groups in total. The van der Waals surface area contributed by atoms with Gasteiger partial charge in [0.05, 0.1) is 0 Å². The highest BCUT2D eigenvalue weighted by Gasteiger charge is 2.57. The summed E-state index contributed by atoms with van der Waals surface area (Å²) in [4.78, 5) is 34.3. The molecule has 1 spiro atoms. The highest BCUT2D eigenvalue weighted by Crippen LogP contribution is 2.46. The first-order valence-electron chi connectivity index (χ1n) is 12.3. The fraction of sp³-hybridized carbons (Fsp3) is 0.393. The summed E-state index contributed by atoms with van der Waals surface area (Å²) < 4.78 is 5.70. The summed E-state index contributed by atoms with van der Waals surface area (Å²) in [6.07, 6.45) is 3.75. The summed E-state index contributed by atoms with van der Waals surface area (Å²) in [6, 6.07) is 16.6. The molecule has 3 aromatic rings. The summed E-state index contributed by atoms with van der Waals surface area (Å²) in [5, 5.41) is 1.10. The van der Waals surface area contributed by atoms with Gasteiger partial charge >= 0.3 is 0 Å². The van der Waals surface area contributed by atoms with E-state index in [2.05, 4.69) is 42.5 Å². The predicted molar refractivity (Wildman–Crippen MR) is 129 cm³/mol. The second kappa shape index (κ2) is 7.05. The Bertz CT molecular complexity index is 1360. The largest absolute Gasteiger partial charge is 0.461 e. The van der Waals surface area contributed by atoms with Crippen LogP contribution in [0.3, 0.4) is 0 Å². The number of benzene rings is 2. The van der Waals surface area contributed by atoms with Gasteiger partial charge in [-0.2, -0.15) is 0 Å². The molecule has 3 fully saturated rings. The number of aryl methyl sites for hydroxylation is 1. The van der Waals surface area contributed by atoms with Gasteiger partial charge in [-0.1, -0.05) is 30.3 Å². The van der Waals surface area contributed by atoms with Crippen molar-refractivity contribution in [2.75, 3.05) is 19.6 Å². The molecule has 4 aliphatic rings. The van der Waals surface area contributed by atoms with E-state index in [0.717, 1.165) is 78.0 Å². The van der Waals surface area contributed by atoms with Gasteiger partial charge in [-0.25, -0.2) is 0 Å². The van der Waals surface area contributed by atoms with Crippen molar-refractivity contribution in [3.05, 3.63) is 59.9 Å². The Morgan fingerprint density at radius 1 is 1.03 bits per heavy atom. The molecule has 0 atom stereocenters. The highest BCUT2D eigenvalue weighted by molar-refractivity contribution is 6.16. The smallest absolute Gasteiger partial charge is 0.256 e. The molecule has 0 unspecified atom stereocenters. The van der Waals surface area contributed by atoms with Gasteiger partial charge in [-0.15, -0.1) is 0 Å². The maximum absolute atomic E-state index is 13.2. The van der Waals surface area contributed by atoms with Gasteiger partial charge in [0, 0.05) is 42.4 Å². The average molecular weight is 454 g/mol. The molecule has 6 nitrogen and oxygen atoms in total. The molecule has 1 saturated heterocycles. The lowest BCUT2D eigenvalue weighted by Gasteiger charge is -2.41. The second-order valence-corrected chi connectivity index (χ2v) is 10.5. The van der Waals surface area contributed by atoms with E-state index >= 15 is 0 Å². The molecule has 2 aliphatic heterocycles. The Morgan fingerprint density at radius 2 is 1.74 bits per heavy atom. The maximum atomic E-state index is 13.2. The molecule has 2 aliphatic carbocycles. The van der Waals surface area contributed by atoms with E-state index < -0.39 is 5.54 Å². The molecule has 3 heterocycles. The highest BCUT2D eigenvalue weighted by atomic mass is 16.3. The number of rotatable bonds is 5. The Hall–Kier alpha value is -3.41. The summed E-state index contributed by atoms with van der Waals surface area (Å²) in [5.74, 6) is 2.73. The van der Waals surface area contributed by atoms with E-state index in [-0.39, 0.29) is 11.8 Å². The Labute approximate surface area is 198 Å². The minimum atomic E-state index is -0.522. The monoisotopic (exact) mass is 453 g/mol. The van der Waals surface area contributed by atoms with Crippen LogP contribution in [0.15, 0.2) is 57.9 Å². The molecule has 34 heavy (non-hydrogen) atoms. The van der Waals surface area contributed by atoms with E-state index in [1.807, 2.05) is 22.8 Å². The Balaban J connectivity index is 1.11. The van der Waals surface area contributed by atoms with Crippen LogP contribution in [0.1, 0.15) is 37.0 Å². The Morgan fingerprint density at radius 3 is 2.44 bits per heavy atom. The fourth-order valence-electron chi connectivity index (χ4n) is 5.37. The van der Waals surface area contributed by atoms with Crippen LogP contribution in [-0.4, -0.2) is 52.6 Å². The van der Waals surface area contributed by atoms with E-state index in [1.54, 1.807) is 0 Å². The van der Waals surface area contributed by atoms with Crippen LogP contribution in [0.4, 0.5) is 0 Å².